The fourth-order valence-electron chi connectivity index (χ4n) is 0.860. The molecule has 0 bridgehead atoms. The van der Waals surface area contributed by atoms with E-state index in [2.05, 4.69) is 0 Å². The lowest BCUT2D eigenvalue weighted by atomic mass is 10.2. The minimum atomic E-state index is -0.484. The molecule has 0 aromatic carbocycles. The number of likely N-dealkylation sites (N-methyl/N-ethyl adjacent to an activating group) is 1. The van der Waals surface area contributed by atoms with Crippen LogP contribution in [0.2, 0.25) is 0 Å². The van der Waals surface area contributed by atoms with Gasteiger partial charge in [0.1, 0.15) is 5.60 Å². The van der Waals surface area contributed by atoms with Crippen molar-refractivity contribution in [3.63, 3.8) is 0 Å². The van der Waals surface area contributed by atoms with Gasteiger partial charge in [-0.1, -0.05) is 6.92 Å². The van der Waals surface area contributed by atoms with Gasteiger partial charge in [-0.05, 0) is 27.2 Å². The molecule has 0 rings (SSSR count). The van der Waals surface area contributed by atoms with E-state index >= 15 is 0 Å². The molecule has 0 aliphatic heterocycles. The van der Waals surface area contributed by atoms with Crippen LogP contribution in [0.5, 0.6) is 0 Å². The van der Waals surface area contributed by atoms with E-state index in [4.69, 9.17) is 4.74 Å². The van der Waals surface area contributed by atoms with Crippen molar-refractivity contribution in [3.05, 3.63) is 0 Å². The molecule has 0 aromatic rings. The monoisotopic (exact) mass is 203 g/mol. The van der Waals surface area contributed by atoms with Crippen molar-refractivity contribution in [2.75, 3.05) is 13.6 Å². The van der Waals surface area contributed by atoms with E-state index in [0.29, 0.717) is 13.0 Å². The average Bonchev–Trinajstić information content (AvgIpc) is 2.00. The second kappa shape index (κ2) is 5.20. The number of ether oxygens (including phenoxy) is 1. The summed E-state index contributed by atoms with van der Waals surface area (Å²) in [4.78, 5) is 12.8. The van der Waals surface area contributed by atoms with Crippen molar-refractivity contribution in [2.24, 2.45) is 0 Å². The van der Waals surface area contributed by atoms with E-state index < -0.39 is 17.8 Å². The summed E-state index contributed by atoms with van der Waals surface area (Å²) in [5.41, 5.74) is -0.484. The Bertz CT molecular complexity index is 186. The van der Waals surface area contributed by atoms with Crippen LogP contribution >= 0.6 is 0 Å². The number of hydrogen-bond donors (Lipinski definition) is 1. The summed E-state index contributed by atoms with van der Waals surface area (Å²) < 4.78 is 5.12. The SMILES string of the molecule is CC[C@H](O)CN(C)C(=O)OC(C)(C)C. The van der Waals surface area contributed by atoms with Crippen molar-refractivity contribution in [2.45, 2.75) is 45.8 Å². The summed E-state index contributed by atoms with van der Waals surface area (Å²) in [6, 6.07) is 0. The van der Waals surface area contributed by atoms with Crippen molar-refractivity contribution >= 4 is 6.09 Å². The van der Waals surface area contributed by atoms with E-state index in [1.54, 1.807) is 7.05 Å². The molecular weight excluding hydrogens is 182 g/mol. The summed E-state index contributed by atoms with van der Waals surface area (Å²) in [5, 5.41) is 9.33. The molecule has 0 aromatic heterocycles. The summed E-state index contributed by atoms with van der Waals surface area (Å²) in [7, 11) is 1.62. The van der Waals surface area contributed by atoms with Crippen LogP contribution in [0.15, 0.2) is 0 Å². The molecule has 0 heterocycles. The van der Waals surface area contributed by atoms with E-state index in [0.717, 1.165) is 0 Å². The predicted octanol–water partition coefficient (Wildman–Crippen LogP) is 1.62. The zero-order chi connectivity index (χ0) is 11.4. The van der Waals surface area contributed by atoms with Gasteiger partial charge in [-0.3, -0.25) is 0 Å². The Morgan fingerprint density at radius 1 is 1.50 bits per heavy atom. The topological polar surface area (TPSA) is 49.8 Å². The molecule has 0 unspecified atom stereocenters. The van der Waals surface area contributed by atoms with Crippen molar-refractivity contribution in [1.82, 2.24) is 4.90 Å². The van der Waals surface area contributed by atoms with E-state index in [1.165, 1.54) is 4.90 Å². The van der Waals surface area contributed by atoms with E-state index in [-0.39, 0.29) is 0 Å². The first-order valence-electron chi connectivity index (χ1n) is 4.88. The number of hydrogen-bond acceptors (Lipinski definition) is 3. The molecule has 0 radical (unpaired) electrons. The quantitative estimate of drug-likeness (QED) is 0.758. The van der Waals surface area contributed by atoms with Gasteiger partial charge in [-0.25, -0.2) is 4.79 Å². The van der Waals surface area contributed by atoms with Crippen LogP contribution in [0.4, 0.5) is 4.79 Å². The highest BCUT2D eigenvalue weighted by Crippen LogP contribution is 2.09. The van der Waals surface area contributed by atoms with Crippen LogP contribution < -0.4 is 0 Å². The number of aliphatic hydroxyl groups is 1. The highest BCUT2D eigenvalue weighted by Gasteiger charge is 2.20. The van der Waals surface area contributed by atoms with Gasteiger partial charge in [0, 0.05) is 13.6 Å². The van der Waals surface area contributed by atoms with Gasteiger partial charge >= 0.3 is 6.09 Å². The lowest BCUT2D eigenvalue weighted by Crippen LogP contribution is -2.38. The summed E-state index contributed by atoms with van der Waals surface area (Å²) in [6.07, 6.45) is -0.245. The maximum absolute atomic E-state index is 11.4. The van der Waals surface area contributed by atoms with Gasteiger partial charge in [0.15, 0.2) is 0 Å². The fourth-order valence-corrected chi connectivity index (χ4v) is 0.860. The Morgan fingerprint density at radius 2 is 2.00 bits per heavy atom. The average molecular weight is 203 g/mol. The summed E-state index contributed by atoms with van der Waals surface area (Å²) in [6.45, 7) is 7.62. The van der Waals surface area contributed by atoms with Crippen molar-refractivity contribution in [3.8, 4) is 0 Å². The normalized spacial score (nSPS) is 13.6. The van der Waals surface area contributed by atoms with Crippen LogP contribution in [0.1, 0.15) is 34.1 Å². The van der Waals surface area contributed by atoms with E-state index in [1.807, 2.05) is 27.7 Å². The standard InChI is InChI=1S/C10H21NO3/c1-6-8(12)7-11(5)9(13)14-10(2,3)4/h8,12H,6-7H2,1-5H3/t8-/m0/s1. The Kier molecular flexibility index (Phi) is 4.91. The first kappa shape index (κ1) is 13.2. The number of carbonyl (C=O) groups is 1. The second-order valence-electron chi connectivity index (χ2n) is 4.42. The van der Waals surface area contributed by atoms with Gasteiger partial charge in [-0.15, -0.1) is 0 Å². The predicted molar refractivity (Wildman–Crippen MR) is 55.2 cm³/mol. The highest BCUT2D eigenvalue weighted by molar-refractivity contribution is 5.67. The number of rotatable bonds is 3. The molecule has 1 atom stereocenters. The maximum Gasteiger partial charge on any atom is 0.410 e. The van der Waals surface area contributed by atoms with Crippen LogP contribution in [0, 0.1) is 0 Å². The Balaban J connectivity index is 4.00. The summed E-state index contributed by atoms with van der Waals surface area (Å²) >= 11 is 0. The molecule has 0 saturated heterocycles. The number of aliphatic hydroxyl groups excluding tert-OH is 1. The molecular formula is C10H21NO3. The first-order valence-corrected chi connectivity index (χ1v) is 4.88. The van der Waals surface area contributed by atoms with Gasteiger partial charge in [0.25, 0.3) is 0 Å². The molecule has 0 fully saturated rings. The zero-order valence-electron chi connectivity index (χ0n) is 9.70. The smallest absolute Gasteiger partial charge is 0.410 e. The van der Waals surface area contributed by atoms with Crippen LogP contribution in [-0.4, -0.2) is 41.4 Å². The van der Waals surface area contributed by atoms with Crippen LogP contribution in [-0.2, 0) is 4.74 Å². The minimum Gasteiger partial charge on any atom is -0.444 e. The molecule has 0 aliphatic carbocycles. The number of nitrogens with zero attached hydrogens (tertiary/aromatic N) is 1. The molecule has 4 heteroatoms. The summed E-state index contributed by atoms with van der Waals surface area (Å²) in [5.74, 6) is 0. The molecule has 14 heavy (non-hydrogen) atoms. The van der Waals surface area contributed by atoms with Gasteiger partial charge in [0.2, 0.25) is 0 Å². The Morgan fingerprint density at radius 3 is 2.36 bits per heavy atom. The lowest BCUT2D eigenvalue weighted by molar-refractivity contribution is 0.0204. The third kappa shape index (κ3) is 5.80. The molecule has 1 N–H and O–H groups in total. The number of amides is 1. The van der Waals surface area contributed by atoms with Gasteiger partial charge in [-0.2, -0.15) is 0 Å². The van der Waals surface area contributed by atoms with Crippen LogP contribution in [0.3, 0.4) is 0 Å². The van der Waals surface area contributed by atoms with Crippen LogP contribution in [0.25, 0.3) is 0 Å². The molecule has 1 amide bonds. The van der Waals surface area contributed by atoms with Crippen molar-refractivity contribution < 1.29 is 14.6 Å². The molecule has 84 valence electrons. The largest absolute Gasteiger partial charge is 0.444 e. The highest BCUT2D eigenvalue weighted by atomic mass is 16.6. The van der Waals surface area contributed by atoms with Crippen molar-refractivity contribution in [1.29, 1.82) is 0 Å². The van der Waals surface area contributed by atoms with Gasteiger partial charge in [0.05, 0.1) is 6.10 Å². The molecule has 0 spiro atoms. The third-order valence-electron chi connectivity index (χ3n) is 1.66. The second-order valence-corrected chi connectivity index (χ2v) is 4.42. The fraction of sp³-hybridized carbons (Fsp3) is 0.900. The Hall–Kier alpha value is -0.770. The zero-order valence-corrected chi connectivity index (χ0v) is 9.70. The minimum absolute atomic E-state index is 0.311. The molecule has 0 aliphatic rings. The maximum atomic E-state index is 11.4. The Labute approximate surface area is 85.9 Å². The third-order valence-corrected chi connectivity index (χ3v) is 1.66. The first-order chi connectivity index (χ1) is 6.26. The molecule has 4 nitrogen and oxygen atoms in total. The lowest BCUT2D eigenvalue weighted by Gasteiger charge is -2.25. The van der Waals surface area contributed by atoms with Gasteiger partial charge < -0.3 is 14.7 Å². The van der Waals surface area contributed by atoms with E-state index in [9.17, 15) is 9.90 Å². The number of carbonyl (C=O) groups excluding carboxylic acids is 1. The molecule has 0 saturated carbocycles.